The SMILES string of the molecule is CCOC(=O)c1c(NC(=O)COc2cc(C)ccc2C)sc(C(=O)OC)c1C. The monoisotopic (exact) mass is 405 g/mol. The second-order valence-corrected chi connectivity index (χ2v) is 7.10. The molecule has 0 unspecified atom stereocenters. The Morgan fingerprint density at radius 3 is 2.46 bits per heavy atom. The minimum Gasteiger partial charge on any atom is -0.483 e. The Morgan fingerprint density at radius 2 is 1.82 bits per heavy atom. The Labute approximate surface area is 167 Å². The van der Waals surface area contributed by atoms with Crippen LogP contribution in [0.5, 0.6) is 5.75 Å². The van der Waals surface area contributed by atoms with Gasteiger partial charge in [0.1, 0.15) is 15.6 Å². The van der Waals surface area contributed by atoms with Crippen molar-refractivity contribution < 1.29 is 28.6 Å². The zero-order valence-corrected chi connectivity index (χ0v) is 17.3. The molecule has 0 bridgehead atoms. The van der Waals surface area contributed by atoms with Crippen LogP contribution in [-0.4, -0.2) is 38.2 Å². The van der Waals surface area contributed by atoms with E-state index in [4.69, 9.17) is 14.2 Å². The zero-order chi connectivity index (χ0) is 20.8. The number of thiophene rings is 1. The average molecular weight is 405 g/mol. The lowest BCUT2D eigenvalue weighted by Crippen LogP contribution is -2.21. The largest absolute Gasteiger partial charge is 0.483 e. The van der Waals surface area contributed by atoms with Gasteiger partial charge >= 0.3 is 11.9 Å². The van der Waals surface area contributed by atoms with E-state index in [0.29, 0.717) is 11.3 Å². The number of benzene rings is 1. The van der Waals surface area contributed by atoms with Crippen LogP contribution in [0, 0.1) is 20.8 Å². The lowest BCUT2D eigenvalue weighted by molar-refractivity contribution is -0.118. The minimum absolute atomic E-state index is 0.146. The fourth-order valence-electron chi connectivity index (χ4n) is 2.51. The third-order valence-electron chi connectivity index (χ3n) is 3.95. The third-order valence-corrected chi connectivity index (χ3v) is 5.14. The number of anilines is 1. The van der Waals surface area contributed by atoms with Gasteiger partial charge < -0.3 is 19.5 Å². The molecule has 150 valence electrons. The molecule has 8 heteroatoms. The maximum Gasteiger partial charge on any atom is 0.348 e. The molecule has 0 saturated heterocycles. The minimum atomic E-state index is -0.614. The molecule has 7 nitrogen and oxygen atoms in total. The number of nitrogens with one attached hydrogen (secondary N) is 1. The fourth-order valence-corrected chi connectivity index (χ4v) is 3.64. The molecule has 1 heterocycles. The first kappa shape index (κ1) is 21.4. The molecule has 2 rings (SSSR count). The van der Waals surface area contributed by atoms with Gasteiger partial charge in [0, 0.05) is 0 Å². The quantitative estimate of drug-likeness (QED) is 0.707. The summed E-state index contributed by atoms with van der Waals surface area (Å²) in [7, 11) is 1.25. The molecule has 0 aliphatic heterocycles. The molecule has 0 fully saturated rings. The molecule has 1 aromatic carbocycles. The molecule has 28 heavy (non-hydrogen) atoms. The van der Waals surface area contributed by atoms with E-state index in [1.807, 2.05) is 32.0 Å². The molecule has 2 aromatic rings. The van der Waals surface area contributed by atoms with E-state index in [2.05, 4.69) is 5.32 Å². The van der Waals surface area contributed by atoms with Crippen molar-refractivity contribution in [3.63, 3.8) is 0 Å². The average Bonchev–Trinajstić information content (AvgIpc) is 2.98. The van der Waals surface area contributed by atoms with Gasteiger partial charge in [-0.25, -0.2) is 9.59 Å². The summed E-state index contributed by atoms with van der Waals surface area (Å²) in [6.07, 6.45) is 0. The predicted octanol–water partition coefficient (Wildman–Crippen LogP) is 3.65. The van der Waals surface area contributed by atoms with Crippen LogP contribution < -0.4 is 10.1 Å². The molecule has 1 amide bonds. The Bertz CT molecular complexity index is 902. The van der Waals surface area contributed by atoms with E-state index < -0.39 is 17.8 Å². The molecule has 0 aliphatic rings. The van der Waals surface area contributed by atoms with Crippen LogP contribution in [-0.2, 0) is 14.3 Å². The Balaban J connectivity index is 2.21. The Kier molecular flexibility index (Phi) is 7.17. The first-order valence-electron chi connectivity index (χ1n) is 8.67. The smallest absolute Gasteiger partial charge is 0.348 e. The molecule has 1 aromatic heterocycles. The van der Waals surface area contributed by atoms with Gasteiger partial charge in [0.15, 0.2) is 6.61 Å². The van der Waals surface area contributed by atoms with Gasteiger partial charge in [0.2, 0.25) is 0 Å². The van der Waals surface area contributed by atoms with Crippen molar-refractivity contribution in [2.45, 2.75) is 27.7 Å². The standard InChI is InChI=1S/C20H23NO6S/c1-6-26-19(23)16-13(4)17(20(24)25-5)28-18(16)21-15(22)10-27-14-9-11(2)7-8-12(14)3/h7-9H,6,10H2,1-5H3,(H,21,22). The van der Waals surface area contributed by atoms with E-state index >= 15 is 0 Å². The van der Waals surface area contributed by atoms with Crippen molar-refractivity contribution in [3.8, 4) is 5.75 Å². The van der Waals surface area contributed by atoms with Gasteiger partial charge in [-0.15, -0.1) is 11.3 Å². The molecule has 0 aliphatic carbocycles. The van der Waals surface area contributed by atoms with Gasteiger partial charge in [0.25, 0.3) is 5.91 Å². The number of amides is 1. The zero-order valence-electron chi connectivity index (χ0n) is 16.5. The highest BCUT2D eigenvalue weighted by atomic mass is 32.1. The molecule has 0 spiro atoms. The summed E-state index contributed by atoms with van der Waals surface area (Å²) < 4.78 is 15.4. The molecule has 0 atom stereocenters. The predicted molar refractivity (Wildman–Crippen MR) is 106 cm³/mol. The molecule has 1 N–H and O–H groups in total. The van der Waals surface area contributed by atoms with E-state index in [0.717, 1.165) is 22.5 Å². The van der Waals surface area contributed by atoms with Crippen molar-refractivity contribution in [1.29, 1.82) is 0 Å². The summed E-state index contributed by atoms with van der Waals surface area (Å²) in [5, 5.41) is 2.87. The lowest BCUT2D eigenvalue weighted by atomic mass is 10.1. The number of carbonyl (C=O) groups excluding carboxylic acids is 3. The van der Waals surface area contributed by atoms with Gasteiger partial charge in [-0.2, -0.15) is 0 Å². The molecule has 0 radical (unpaired) electrons. The number of aryl methyl sites for hydroxylation is 2. The highest BCUT2D eigenvalue weighted by molar-refractivity contribution is 7.18. The van der Waals surface area contributed by atoms with Gasteiger partial charge in [-0.05, 0) is 50.5 Å². The first-order valence-corrected chi connectivity index (χ1v) is 9.48. The maximum absolute atomic E-state index is 12.4. The van der Waals surface area contributed by atoms with Crippen LogP contribution in [0.4, 0.5) is 5.00 Å². The molecular weight excluding hydrogens is 382 g/mol. The second-order valence-electron chi connectivity index (χ2n) is 6.08. The number of hydrogen-bond acceptors (Lipinski definition) is 7. The van der Waals surface area contributed by atoms with Crippen LogP contribution in [0.2, 0.25) is 0 Å². The summed E-state index contributed by atoms with van der Waals surface area (Å²) >= 11 is 0.966. The summed E-state index contributed by atoms with van der Waals surface area (Å²) in [5.74, 6) is -1.04. The second kappa shape index (κ2) is 9.36. The summed E-state index contributed by atoms with van der Waals surface area (Å²) in [5.41, 5.74) is 2.47. The van der Waals surface area contributed by atoms with Gasteiger partial charge in [-0.1, -0.05) is 12.1 Å². The Morgan fingerprint density at radius 1 is 1.11 bits per heavy atom. The Hall–Kier alpha value is -2.87. The van der Waals surface area contributed by atoms with Crippen molar-refractivity contribution >= 4 is 34.2 Å². The summed E-state index contributed by atoms with van der Waals surface area (Å²) in [4.78, 5) is 36.9. The van der Waals surface area contributed by atoms with Gasteiger partial charge in [-0.3, -0.25) is 4.79 Å². The fraction of sp³-hybridized carbons (Fsp3) is 0.350. The van der Waals surface area contributed by atoms with Crippen LogP contribution in [0.1, 0.15) is 43.6 Å². The number of methoxy groups -OCH3 is 1. The van der Waals surface area contributed by atoms with Crippen LogP contribution in [0.15, 0.2) is 18.2 Å². The lowest BCUT2D eigenvalue weighted by Gasteiger charge is -2.10. The van der Waals surface area contributed by atoms with Crippen LogP contribution >= 0.6 is 11.3 Å². The van der Waals surface area contributed by atoms with Crippen LogP contribution in [0.25, 0.3) is 0 Å². The molecule has 0 saturated carbocycles. The van der Waals surface area contributed by atoms with E-state index in [1.165, 1.54) is 7.11 Å². The van der Waals surface area contributed by atoms with Crippen molar-refractivity contribution in [2.24, 2.45) is 0 Å². The maximum atomic E-state index is 12.4. The van der Waals surface area contributed by atoms with E-state index in [-0.39, 0.29) is 28.7 Å². The van der Waals surface area contributed by atoms with Crippen LogP contribution in [0.3, 0.4) is 0 Å². The highest BCUT2D eigenvalue weighted by Crippen LogP contribution is 2.34. The normalized spacial score (nSPS) is 10.3. The van der Waals surface area contributed by atoms with Gasteiger partial charge in [0.05, 0.1) is 19.3 Å². The van der Waals surface area contributed by atoms with Crippen molar-refractivity contribution in [1.82, 2.24) is 0 Å². The van der Waals surface area contributed by atoms with E-state index in [1.54, 1.807) is 13.8 Å². The number of ether oxygens (including phenoxy) is 3. The molecular formula is C20H23NO6S. The summed E-state index contributed by atoms with van der Waals surface area (Å²) in [6, 6.07) is 5.71. The topological polar surface area (TPSA) is 90.9 Å². The number of carbonyl (C=O) groups is 3. The highest BCUT2D eigenvalue weighted by Gasteiger charge is 2.27. The number of rotatable bonds is 7. The van der Waals surface area contributed by atoms with E-state index in [9.17, 15) is 14.4 Å². The number of hydrogen-bond donors (Lipinski definition) is 1. The van der Waals surface area contributed by atoms with Crippen molar-refractivity contribution in [3.05, 3.63) is 45.3 Å². The summed E-state index contributed by atoms with van der Waals surface area (Å²) in [6.45, 7) is 7.04. The first-order chi connectivity index (χ1) is 13.3. The van der Waals surface area contributed by atoms with Crippen molar-refractivity contribution in [2.75, 3.05) is 25.6 Å². The number of esters is 2. The third kappa shape index (κ3) is 4.89.